The highest BCUT2D eigenvalue weighted by Crippen LogP contribution is 2.44. The van der Waals surface area contributed by atoms with Crippen molar-refractivity contribution in [1.82, 2.24) is 0 Å². The molecule has 0 saturated carbocycles. The highest BCUT2D eigenvalue weighted by atomic mass is 16.5. The molecule has 1 aliphatic rings. The summed E-state index contributed by atoms with van der Waals surface area (Å²) in [6, 6.07) is 23.6. The molecule has 3 aromatic carbocycles. The van der Waals surface area contributed by atoms with Crippen molar-refractivity contribution in [3.8, 4) is 23.5 Å². The Balaban J connectivity index is 1.49. The molecular formula is C23H17NO2. The number of amides is 1. The Hall–Kier alpha value is -3.51. The first-order chi connectivity index (χ1) is 12.8. The zero-order chi connectivity index (χ0) is 17.9. The first-order valence-electron chi connectivity index (χ1n) is 8.45. The van der Waals surface area contributed by atoms with Crippen molar-refractivity contribution in [2.75, 3.05) is 11.9 Å². The molecule has 0 heterocycles. The van der Waals surface area contributed by atoms with Crippen LogP contribution in [-0.4, -0.2) is 12.7 Å². The normalized spacial score (nSPS) is 12.0. The second-order valence-corrected chi connectivity index (χ2v) is 6.18. The predicted octanol–water partition coefficient (Wildman–Crippen LogP) is 5.03. The minimum Gasteiger partial charge on any atom is -0.448 e. The number of carbonyl (C=O) groups is 1. The Kier molecular flexibility index (Phi) is 4.17. The summed E-state index contributed by atoms with van der Waals surface area (Å²) >= 11 is 0. The number of hydrogen-bond acceptors (Lipinski definition) is 2. The fourth-order valence-corrected chi connectivity index (χ4v) is 3.44. The van der Waals surface area contributed by atoms with Crippen LogP contribution in [0.5, 0.6) is 0 Å². The van der Waals surface area contributed by atoms with Crippen LogP contribution in [0.25, 0.3) is 11.1 Å². The monoisotopic (exact) mass is 339 g/mol. The van der Waals surface area contributed by atoms with Gasteiger partial charge < -0.3 is 4.74 Å². The van der Waals surface area contributed by atoms with E-state index in [0.717, 1.165) is 0 Å². The van der Waals surface area contributed by atoms with Gasteiger partial charge in [0.25, 0.3) is 0 Å². The smallest absolute Gasteiger partial charge is 0.411 e. The van der Waals surface area contributed by atoms with Gasteiger partial charge in [-0.2, -0.15) is 0 Å². The summed E-state index contributed by atoms with van der Waals surface area (Å²) in [7, 11) is 0. The Bertz CT molecular complexity index is 971. The largest absolute Gasteiger partial charge is 0.448 e. The van der Waals surface area contributed by atoms with E-state index in [9.17, 15) is 4.79 Å². The van der Waals surface area contributed by atoms with E-state index in [2.05, 4.69) is 35.5 Å². The molecule has 0 saturated heterocycles. The molecule has 0 radical (unpaired) electrons. The zero-order valence-electron chi connectivity index (χ0n) is 14.1. The van der Waals surface area contributed by atoms with E-state index < -0.39 is 6.09 Å². The van der Waals surface area contributed by atoms with Crippen LogP contribution in [0.3, 0.4) is 0 Å². The van der Waals surface area contributed by atoms with Gasteiger partial charge in [-0.05, 0) is 40.5 Å². The molecule has 0 aliphatic heterocycles. The number of carbonyl (C=O) groups excluding carboxylic acids is 1. The number of benzene rings is 3. The summed E-state index contributed by atoms with van der Waals surface area (Å²) < 4.78 is 5.52. The van der Waals surface area contributed by atoms with Crippen LogP contribution >= 0.6 is 0 Å². The summed E-state index contributed by atoms with van der Waals surface area (Å²) in [4.78, 5) is 12.2. The summed E-state index contributed by atoms with van der Waals surface area (Å²) in [6.45, 7) is 0.286. The van der Waals surface area contributed by atoms with Gasteiger partial charge in [0.15, 0.2) is 0 Å². The number of ether oxygens (including phenoxy) is 1. The standard InChI is InChI=1S/C23H17NO2/c1-2-16-8-7-9-17(14-16)24-23(25)26-15-22-20-12-5-3-10-18(20)19-11-4-6-13-21(19)22/h1,3-14,22H,15H2,(H,24,25). The van der Waals surface area contributed by atoms with E-state index in [1.54, 1.807) is 18.2 Å². The number of terminal acetylenes is 1. The lowest BCUT2D eigenvalue weighted by atomic mass is 9.98. The van der Waals surface area contributed by atoms with Gasteiger partial charge in [0.05, 0.1) is 0 Å². The molecule has 4 rings (SSSR count). The lowest BCUT2D eigenvalue weighted by molar-refractivity contribution is 0.158. The minimum atomic E-state index is -0.485. The van der Waals surface area contributed by atoms with E-state index in [0.29, 0.717) is 11.3 Å². The third-order valence-electron chi connectivity index (χ3n) is 4.62. The van der Waals surface area contributed by atoms with E-state index >= 15 is 0 Å². The SMILES string of the molecule is C#Cc1cccc(NC(=O)OCC2c3ccccc3-c3ccccc32)c1. The van der Waals surface area contributed by atoms with Gasteiger partial charge in [0.2, 0.25) is 0 Å². The molecule has 0 fully saturated rings. The summed E-state index contributed by atoms with van der Waals surface area (Å²) in [5, 5.41) is 2.73. The minimum absolute atomic E-state index is 0.0465. The average molecular weight is 339 g/mol. The quantitative estimate of drug-likeness (QED) is 0.680. The second-order valence-electron chi connectivity index (χ2n) is 6.18. The average Bonchev–Trinajstić information content (AvgIpc) is 3.00. The Labute approximate surface area is 152 Å². The zero-order valence-corrected chi connectivity index (χ0v) is 14.1. The Morgan fingerprint density at radius 3 is 2.27 bits per heavy atom. The molecule has 3 nitrogen and oxygen atoms in total. The van der Waals surface area contributed by atoms with Gasteiger partial charge in [-0.3, -0.25) is 5.32 Å². The molecule has 0 spiro atoms. The number of nitrogens with one attached hydrogen (secondary N) is 1. The highest BCUT2D eigenvalue weighted by Gasteiger charge is 2.28. The molecule has 0 atom stereocenters. The number of rotatable bonds is 3. The Morgan fingerprint density at radius 1 is 0.962 bits per heavy atom. The number of fused-ring (bicyclic) bond motifs is 3. The van der Waals surface area contributed by atoms with Crippen molar-refractivity contribution in [1.29, 1.82) is 0 Å². The van der Waals surface area contributed by atoms with Crippen molar-refractivity contribution < 1.29 is 9.53 Å². The third kappa shape index (κ3) is 2.94. The molecular weight excluding hydrogens is 322 g/mol. The lowest BCUT2D eigenvalue weighted by Crippen LogP contribution is -2.17. The van der Waals surface area contributed by atoms with Gasteiger partial charge in [0.1, 0.15) is 6.61 Å². The van der Waals surface area contributed by atoms with Gasteiger partial charge in [-0.1, -0.05) is 60.5 Å². The molecule has 3 heteroatoms. The lowest BCUT2D eigenvalue weighted by Gasteiger charge is -2.14. The molecule has 3 aromatic rings. The fraction of sp³-hybridized carbons (Fsp3) is 0.0870. The molecule has 0 unspecified atom stereocenters. The van der Waals surface area contributed by atoms with Gasteiger partial charge in [-0.25, -0.2) is 4.79 Å². The van der Waals surface area contributed by atoms with Crippen molar-refractivity contribution >= 4 is 11.8 Å². The molecule has 126 valence electrons. The topological polar surface area (TPSA) is 38.3 Å². The predicted molar refractivity (Wildman–Crippen MR) is 103 cm³/mol. The van der Waals surface area contributed by atoms with Crippen LogP contribution < -0.4 is 5.32 Å². The van der Waals surface area contributed by atoms with Crippen LogP contribution in [0, 0.1) is 12.3 Å². The maximum atomic E-state index is 12.2. The first-order valence-corrected chi connectivity index (χ1v) is 8.45. The van der Waals surface area contributed by atoms with Crippen LogP contribution in [0.2, 0.25) is 0 Å². The van der Waals surface area contributed by atoms with Gasteiger partial charge in [-0.15, -0.1) is 6.42 Å². The number of hydrogen-bond donors (Lipinski definition) is 1. The van der Waals surface area contributed by atoms with Crippen LogP contribution in [0.4, 0.5) is 10.5 Å². The van der Waals surface area contributed by atoms with E-state index in [1.807, 2.05) is 30.3 Å². The Morgan fingerprint density at radius 2 is 1.62 bits per heavy atom. The number of anilines is 1. The van der Waals surface area contributed by atoms with Gasteiger partial charge >= 0.3 is 6.09 Å². The van der Waals surface area contributed by atoms with Crippen molar-refractivity contribution in [3.05, 3.63) is 89.5 Å². The molecule has 1 amide bonds. The summed E-state index contributed by atoms with van der Waals surface area (Å²) in [6.07, 6.45) is 4.90. The van der Waals surface area contributed by atoms with Crippen LogP contribution in [0.15, 0.2) is 72.8 Å². The molecule has 1 N–H and O–H groups in total. The van der Waals surface area contributed by atoms with Crippen molar-refractivity contribution in [2.45, 2.75) is 5.92 Å². The van der Waals surface area contributed by atoms with Crippen molar-refractivity contribution in [3.63, 3.8) is 0 Å². The van der Waals surface area contributed by atoms with E-state index in [1.165, 1.54) is 22.3 Å². The molecule has 1 aliphatic carbocycles. The summed E-state index contributed by atoms with van der Waals surface area (Å²) in [5.74, 6) is 2.59. The fourth-order valence-electron chi connectivity index (χ4n) is 3.44. The molecule has 0 aromatic heterocycles. The van der Waals surface area contributed by atoms with E-state index in [-0.39, 0.29) is 12.5 Å². The highest BCUT2D eigenvalue weighted by molar-refractivity contribution is 5.85. The van der Waals surface area contributed by atoms with Crippen LogP contribution in [0.1, 0.15) is 22.6 Å². The third-order valence-corrected chi connectivity index (χ3v) is 4.62. The molecule has 0 bridgehead atoms. The second kappa shape index (κ2) is 6.78. The van der Waals surface area contributed by atoms with Crippen LogP contribution in [-0.2, 0) is 4.74 Å². The molecule has 26 heavy (non-hydrogen) atoms. The first kappa shape index (κ1) is 16.0. The summed E-state index contributed by atoms with van der Waals surface area (Å²) in [5.41, 5.74) is 6.13. The van der Waals surface area contributed by atoms with Crippen molar-refractivity contribution in [2.24, 2.45) is 0 Å². The van der Waals surface area contributed by atoms with Gasteiger partial charge in [0, 0.05) is 17.2 Å². The maximum Gasteiger partial charge on any atom is 0.411 e. The maximum absolute atomic E-state index is 12.2. The van der Waals surface area contributed by atoms with E-state index in [4.69, 9.17) is 11.2 Å².